The van der Waals surface area contributed by atoms with E-state index in [1.165, 1.54) is 17.4 Å². The van der Waals surface area contributed by atoms with Gasteiger partial charge in [-0.3, -0.25) is 19.7 Å². The minimum Gasteiger partial charge on any atom is -0.326 e. The van der Waals surface area contributed by atoms with Crippen LogP contribution in [0.3, 0.4) is 0 Å². The van der Waals surface area contributed by atoms with Crippen LogP contribution in [0.25, 0.3) is 0 Å². The monoisotopic (exact) mass is 318 g/mol. The van der Waals surface area contributed by atoms with Crippen LogP contribution in [0.1, 0.15) is 28.1 Å². The van der Waals surface area contributed by atoms with Gasteiger partial charge in [0.2, 0.25) is 5.91 Å². The molecule has 0 bridgehead atoms. The first-order chi connectivity index (χ1) is 10.5. The fourth-order valence-corrected chi connectivity index (χ4v) is 2.59. The molecule has 2 rings (SSSR count). The number of carbonyl (C=O) groups is 2. The van der Waals surface area contributed by atoms with Crippen LogP contribution in [0.2, 0.25) is 0 Å². The molecule has 2 aromatic rings. The molecule has 0 saturated heterocycles. The Morgan fingerprint density at radius 1 is 1.27 bits per heavy atom. The molecule has 0 aliphatic carbocycles. The number of nitrogens with one attached hydrogen (secondary N) is 1. The van der Waals surface area contributed by atoms with Crippen molar-refractivity contribution in [2.45, 2.75) is 19.8 Å². The van der Waals surface area contributed by atoms with Crippen molar-refractivity contribution in [1.29, 1.82) is 0 Å². The zero-order chi connectivity index (χ0) is 16.1. The largest absolute Gasteiger partial charge is 0.326 e. The summed E-state index contributed by atoms with van der Waals surface area (Å²) in [6.07, 6.45) is 0.151. The number of hydrogen-bond acceptors (Lipinski definition) is 5. The van der Waals surface area contributed by atoms with Gasteiger partial charge in [-0.2, -0.15) is 0 Å². The highest BCUT2D eigenvalue weighted by Gasteiger charge is 2.14. The quantitative estimate of drug-likeness (QED) is 0.501. The number of nitrogens with zero attached hydrogens (tertiary/aromatic N) is 1. The molecule has 22 heavy (non-hydrogen) atoms. The van der Waals surface area contributed by atoms with E-state index >= 15 is 0 Å². The van der Waals surface area contributed by atoms with E-state index < -0.39 is 4.92 Å². The summed E-state index contributed by atoms with van der Waals surface area (Å²) < 4.78 is 0. The molecule has 0 unspecified atom stereocenters. The highest BCUT2D eigenvalue weighted by Crippen LogP contribution is 2.22. The number of ketones is 1. The Morgan fingerprint density at radius 2 is 2.05 bits per heavy atom. The molecule has 1 N–H and O–H groups in total. The van der Waals surface area contributed by atoms with E-state index in [-0.39, 0.29) is 30.2 Å². The van der Waals surface area contributed by atoms with Gasteiger partial charge in [0.1, 0.15) is 0 Å². The first-order valence-corrected chi connectivity index (χ1v) is 7.47. The Labute approximate surface area is 130 Å². The average molecular weight is 318 g/mol. The summed E-state index contributed by atoms with van der Waals surface area (Å²) in [4.78, 5) is 34.6. The van der Waals surface area contributed by atoms with Crippen LogP contribution < -0.4 is 5.32 Å². The smallest absolute Gasteiger partial charge is 0.274 e. The third kappa shape index (κ3) is 3.98. The van der Waals surface area contributed by atoms with Crippen molar-refractivity contribution < 1.29 is 14.5 Å². The number of thiophene rings is 1. The number of Topliss-reactive ketones (excluding diaryl/α,β-unsaturated/α-hetero) is 1. The van der Waals surface area contributed by atoms with Crippen molar-refractivity contribution in [1.82, 2.24) is 0 Å². The fraction of sp³-hybridized carbons (Fsp3) is 0.200. The first kappa shape index (κ1) is 15.8. The molecule has 1 amide bonds. The number of benzene rings is 1. The van der Waals surface area contributed by atoms with Crippen LogP contribution >= 0.6 is 11.3 Å². The van der Waals surface area contributed by atoms with Crippen LogP contribution in [0, 0.1) is 17.0 Å². The lowest BCUT2D eigenvalue weighted by Gasteiger charge is -2.05. The fourth-order valence-electron chi connectivity index (χ4n) is 1.89. The molecule has 1 aromatic carbocycles. The van der Waals surface area contributed by atoms with Gasteiger partial charge in [-0.25, -0.2) is 0 Å². The van der Waals surface area contributed by atoms with E-state index in [0.29, 0.717) is 16.1 Å². The Kier molecular flexibility index (Phi) is 5.00. The summed E-state index contributed by atoms with van der Waals surface area (Å²) >= 11 is 1.34. The van der Waals surface area contributed by atoms with E-state index in [2.05, 4.69) is 5.32 Å². The second-order valence-electron chi connectivity index (χ2n) is 4.71. The molecule has 1 aromatic heterocycles. The number of hydrogen-bond donors (Lipinski definition) is 1. The molecule has 0 atom stereocenters. The van der Waals surface area contributed by atoms with Gasteiger partial charge in [0.15, 0.2) is 5.78 Å². The van der Waals surface area contributed by atoms with E-state index in [4.69, 9.17) is 0 Å². The average Bonchev–Trinajstić information content (AvgIpc) is 3.01. The highest BCUT2D eigenvalue weighted by atomic mass is 32.1. The van der Waals surface area contributed by atoms with Crippen molar-refractivity contribution in [2.75, 3.05) is 5.32 Å². The maximum Gasteiger partial charge on any atom is 0.274 e. The highest BCUT2D eigenvalue weighted by molar-refractivity contribution is 7.12. The maximum atomic E-state index is 11.8. The van der Waals surface area contributed by atoms with Gasteiger partial charge < -0.3 is 5.32 Å². The third-order valence-electron chi connectivity index (χ3n) is 3.06. The molecule has 114 valence electrons. The normalized spacial score (nSPS) is 10.2. The minimum atomic E-state index is -0.495. The number of nitro benzene ring substituents is 1. The zero-order valence-electron chi connectivity index (χ0n) is 11.9. The van der Waals surface area contributed by atoms with Crippen LogP contribution in [-0.2, 0) is 4.79 Å². The van der Waals surface area contributed by atoms with Crippen molar-refractivity contribution in [3.8, 4) is 0 Å². The Hall–Kier alpha value is -2.54. The lowest BCUT2D eigenvalue weighted by molar-refractivity contribution is -0.385. The first-order valence-electron chi connectivity index (χ1n) is 6.59. The topological polar surface area (TPSA) is 89.3 Å². The number of anilines is 1. The van der Waals surface area contributed by atoms with Crippen LogP contribution in [0.15, 0.2) is 35.7 Å². The number of aryl methyl sites for hydroxylation is 1. The number of nitro groups is 1. The number of amides is 1. The lowest BCUT2D eigenvalue weighted by atomic mass is 10.1. The molecule has 6 nitrogen and oxygen atoms in total. The SMILES string of the molecule is Cc1ccc(NC(=O)CCC(=O)c2cccs2)cc1[N+](=O)[O-]. The molecule has 0 saturated carbocycles. The van der Waals surface area contributed by atoms with Crippen LogP contribution in [0.5, 0.6) is 0 Å². The zero-order valence-corrected chi connectivity index (χ0v) is 12.7. The molecule has 7 heteroatoms. The van der Waals surface area contributed by atoms with Crippen molar-refractivity contribution in [3.63, 3.8) is 0 Å². The summed E-state index contributed by atoms with van der Waals surface area (Å²) in [5, 5.41) is 15.2. The predicted molar refractivity (Wildman–Crippen MR) is 84.3 cm³/mol. The Balaban J connectivity index is 1.93. The summed E-state index contributed by atoms with van der Waals surface area (Å²) in [6, 6.07) is 7.98. The Bertz CT molecular complexity index is 710. The molecule has 0 radical (unpaired) electrons. The predicted octanol–water partition coefficient (Wildman–Crippen LogP) is 3.57. The summed E-state index contributed by atoms with van der Waals surface area (Å²) in [6.45, 7) is 1.63. The second kappa shape index (κ2) is 6.95. The van der Waals surface area contributed by atoms with Crippen molar-refractivity contribution >= 4 is 34.4 Å². The van der Waals surface area contributed by atoms with Gasteiger partial charge in [0.05, 0.1) is 9.80 Å². The molecule has 0 fully saturated rings. The van der Waals surface area contributed by atoms with E-state index in [0.717, 1.165) is 0 Å². The van der Waals surface area contributed by atoms with Crippen LogP contribution in [0.4, 0.5) is 11.4 Å². The van der Waals surface area contributed by atoms with E-state index in [1.54, 1.807) is 36.6 Å². The summed E-state index contributed by atoms with van der Waals surface area (Å²) in [7, 11) is 0. The van der Waals surface area contributed by atoms with Crippen molar-refractivity contribution in [3.05, 3.63) is 56.3 Å². The summed E-state index contributed by atoms with van der Waals surface area (Å²) in [5.74, 6) is -0.428. The molecule has 0 spiro atoms. The van der Waals surface area contributed by atoms with Gasteiger partial charge >= 0.3 is 0 Å². The molecule has 0 aliphatic heterocycles. The standard InChI is InChI=1S/C15H14N2O4S/c1-10-4-5-11(9-12(10)17(20)21)16-15(19)7-6-13(18)14-3-2-8-22-14/h2-5,8-9H,6-7H2,1H3,(H,16,19). The van der Waals surface area contributed by atoms with Gasteiger partial charge in [-0.15, -0.1) is 11.3 Å². The number of rotatable bonds is 6. The summed E-state index contributed by atoms with van der Waals surface area (Å²) in [5.41, 5.74) is 0.828. The van der Waals surface area contributed by atoms with Crippen molar-refractivity contribution in [2.24, 2.45) is 0 Å². The van der Waals surface area contributed by atoms with E-state index in [1.807, 2.05) is 0 Å². The molecular weight excluding hydrogens is 304 g/mol. The molecule has 0 aliphatic rings. The lowest BCUT2D eigenvalue weighted by Crippen LogP contribution is -2.13. The minimum absolute atomic E-state index is 0.0401. The second-order valence-corrected chi connectivity index (χ2v) is 5.65. The number of carbonyl (C=O) groups excluding carboxylic acids is 2. The maximum absolute atomic E-state index is 11.8. The van der Waals surface area contributed by atoms with Gasteiger partial charge in [-0.1, -0.05) is 12.1 Å². The molecular formula is C15H14N2O4S. The van der Waals surface area contributed by atoms with Crippen LogP contribution in [-0.4, -0.2) is 16.6 Å². The van der Waals surface area contributed by atoms with Gasteiger partial charge in [0, 0.05) is 30.2 Å². The van der Waals surface area contributed by atoms with Gasteiger partial charge in [-0.05, 0) is 24.4 Å². The molecule has 1 heterocycles. The van der Waals surface area contributed by atoms with Gasteiger partial charge in [0.25, 0.3) is 5.69 Å². The third-order valence-corrected chi connectivity index (χ3v) is 3.98. The Morgan fingerprint density at radius 3 is 2.68 bits per heavy atom. The van der Waals surface area contributed by atoms with E-state index in [9.17, 15) is 19.7 Å².